The van der Waals surface area contributed by atoms with Crippen LogP contribution < -0.4 is 5.32 Å². The Kier molecular flexibility index (Phi) is 7.62. The highest BCUT2D eigenvalue weighted by molar-refractivity contribution is 6.01. The van der Waals surface area contributed by atoms with Gasteiger partial charge in [-0.25, -0.2) is 0 Å². The van der Waals surface area contributed by atoms with Gasteiger partial charge in [-0.15, -0.1) is 0 Å². The van der Waals surface area contributed by atoms with Crippen LogP contribution in [0.15, 0.2) is 66.7 Å². The Bertz CT molecular complexity index is 824. The molecule has 0 heterocycles. The zero-order valence-electron chi connectivity index (χ0n) is 17.0. The van der Waals surface area contributed by atoms with Gasteiger partial charge in [0.25, 0.3) is 0 Å². The minimum Gasteiger partial charge on any atom is -0.462 e. The number of esters is 1. The Balaban J connectivity index is 1.74. The van der Waals surface area contributed by atoms with Gasteiger partial charge in [0.2, 0.25) is 5.91 Å². The number of nitrogens with one attached hydrogen (secondary N) is 1. The molecule has 1 aliphatic carbocycles. The monoisotopic (exact) mass is 391 g/mol. The molecule has 4 heteroatoms. The summed E-state index contributed by atoms with van der Waals surface area (Å²) >= 11 is 0. The van der Waals surface area contributed by atoms with Crippen LogP contribution in [-0.2, 0) is 20.9 Å². The lowest BCUT2D eigenvalue weighted by molar-refractivity contribution is -0.156. The maximum absolute atomic E-state index is 12.9. The maximum Gasteiger partial charge on any atom is 0.322 e. The maximum atomic E-state index is 12.9. The molecular formula is C25H29NO3. The number of amides is 1. The topological polar surface area (TPSA) is 55.4 Å². The minimum atomic E-state index is -0.958. The standard InChI is InChI=1S/C25H29NO3/c1-19(21-13-7-3-8-14-21)17-23(25(28)29-22-15-9-4-10-16-22)24(27)26-18-20-11-5-2-6-12-20/h2-3,5-8,11-14,17,22-23H,4,9-10,15-16,18H2,1H3,(H,26,27)/b19-17+. The van der Waals surface area contributed by atoms with Crippen molar-refractivity contribution in [2.45, 2.75) is 51.7 Å². The van der Waals surface area contributed by atoms with Crippen molar-refractivity contribution in [3.8, 4) is 0 Å². The number of allylic oxidation sites excluding steroid dienone is 1. The van der Waals surface area contributed by atoms with E-state index in [0.29, 0.717) is 6.54 Å². The van der Waals surface area contributed by atoms with Crippen molar-refractivity contribution in [3.05, 3.63) is 77.9 Å². The summed E-state index contributed by atoms with van der Waals surface area (Å²) in [5.41, 5.74) is 2.86. The smallest absolute Gasteiger partial charge is 0.322 e. The van der Waals surface area contributed by atoms with Crippen molar-refractivity contribution in [2.75, 3.05) is 0 Å². The van der Waals surface area contributed by atoms with Gasteiger partial charge in [0.05, 0.1) is 0 Å². The molecule has 1 amide bonds. The summed E-state index contributed by atoms with van der Waals surface area (Å²) in [6.07, 6.45) is 6.73. The van der Waals surface area contributed by atoms with Crippen LogP contribution in [-0.4, -0.2) is 18.0 Å². The highest BCUT2D eigenvalue weighted by Crippen LogP contribution is 2.23. The molecule has 0 aliphatic heterocycles. The summed E-state index contributed by atoms with van der Waals surface area (Å²) < 4.78 is 5.72. The van der Waals surface area contributed by atoms with Crippen molar-refractivity contribution < 1.29 is 14.3 Å². The SMILES string of the molecule is C/C(=C\C(C(=O)NCc1ccccc1)C(=O)OC1CCCCC1)c1ccccc1. The number of hydrogen-bond acceptors (Lipinski definition) is 3. The molecule has 0 radical (unpaired) electrons. The third kappa shape index (κ3) is 6.31. The third-order valence-electron chi connectivity index (χ3n) is 5.33. The Labute approximate surface area is 173 Å². The van der Waals surface area contributed by atoms with E-state index in [9.17, 15) is 9.59 Å². The fraction of sp³-hybridized carbons (Fsp3) is 0.360. The van der Waals surface area contributed by atoms with Crippen molar-refractivity contribution in [3.63, 3.8) is 0 Å². The summed E-state index contributed by atoms with van der Waals surface area (Å²) in [5.74, 6) is -1.75. The molecule has 2 aromatic rings. The summed E-state index contributed by atoms with van der Waals surface area (Å²) in [7, 11) is 0. The summed E-state index contributed by atoms with van der Waals surface area (Å²) in [4.78, 5) is 25.8. The molecule has 0 spiro atoms. The Morgan fingerprint density at radius 3 is 2.28 bits per heavy atom. The lowest BCUT2D eigenvalue weighted by Crippen LogP contribution is -2.37. The molecule has 1 fully saturated rings. The van der Waals surface area contributed by atoms with Gasteiger partial charge in [-0.05, 0) is 49.3 Å². The Morgan fingerprint density at radius 2 is 1.62 bits per heavy atom. The zero-order valence-corrected chi connectivity index (χ0v) is 17.0. The van der Waals surface area contributed by atoms with E-state index < -0.39 is 11.9 Å². The first-order valence-corrected chi connectivity index (χ1v) is 10.4. The molecule has 1 aliphatic rings. The molecular weight excluding hydrogens is 362 g/mol. The zero-order chi connectivity index (χ0) is 20.5. The van der Waals surface area contributed by atoms with Crippen LogP contribution in [0.2, 0.25) is 0 Å². The Morgan fingerprint density at radius 1 is 1.00 bits per heavy atom. The van der Waals surface area contributed by atoms with Crippen LogP contribution in [0, 0.1) is 5.92 Å². The second kappa shape index (κ2) is 10.6. The molecule has 152 valence electrons. The average Bonchev–Trinajstić information content (AvgIpc) is 2.77. The number of rotatable bonds is 7. The van der Waals surface area contributed by atoms with Crippen LogP contribution in [0.3, 0.4) is 0 Å². The molecule has 3 rings (SSSR count). The highest BCUT2D eigenvalue weighted by atomic mass is 16.5. The molecule has 0 aromatic heterocycles. The normalized spacial score (nSPS) is 16.1. The lowest BCUT2D eigenvalue weighted by Gasteiger charge is -2.24. The van der Waals surface area contributed by atoms with E-state index >= 15 is 0 Å². The summed E-state index contributed by atoms with van der Waals surface area (Å²) in [6, 6.07) is 19.4. The van der Waals surface area contributed by atoms with Crippen molar-refractivity contribution in [1.82, 2.24) is 5.32 Å². The second-order valence-electron chi connectivity index (χ2n) is 7.59. The number of carbonyl (C=O) groups is 2. The van der Waals surface area contributed by atoms with Gasteiger partial charge in [-0.1, -0.05) is 73.2 Å². The molecule has 0 bridgehead atoms. The first kappa shape index (κ1) is 20.8. The quantitative estimate of drug-likeness (QED) is 0.540. The number of benzene rings is 2. The average molecular weight is 392 g/mol. The molecule has 1 saturated carbocycles. The van der Waals surface area contributed by atoms with E-state index in [-0.39, 0.29) is 12.0 Å². The van der Waals surface area contributed by atoms with Crippen LogP contribution in [0.5, 0.6) is 0 Å². The van der Waals surface area contributed by atoms with E-state index in [1.165, 1.54) is 6.42 Å². The fourth-order valence-corrected chi connectivity index (χ4v) is 3.61. The van der Waals surface area contributed by atoms with Gasteiger partial charge in [0.15, 0.2) is 5.92 Å². The first-order chi connectivity index (χ1) is 14.1. The van der Waals surface area contributed by atoms with Crippen LogP contribution >= 0.6 is 0 Å². The van der Waals surface area contributed by atoms with Gasteiger partial charge in [0, 0.05) is 6.54 Å². The molecule has 0 saturated heterocycles. The largest absolute Gasteiger partial charge is 0.462 e. The van der Waals surface area contributed by atoms with Gasteiger partial charge < -0.3 is 10.1 Å². The van der Waals surface area contributed by atoms with Crippen LogP contribution in [0.25, 0.3) is 5.57 Å². The predicted octanol–water partition coefficient (Wildman–Crippen LogP) is 4.90. The van der Waals surface area contributed by atoms with Gasteiger partial charge >= 0.3 is 5.97 Å². The van der Waals surface area contributed by atoms with Crippen LogP contribution in [0.1, 0.15) is 50.2 Å². The van der Waals surface area contributed by atoms with Crippen LogP contribution in [0.4, 0.5) is 0 Å². The molecule has 29 heavy (non-hydrogen) atoms. The lowest BCUT2D eigenvalue weighted by atomic mass is 9.97. The summed E-state index contributed by atoms with van der Waals surface area (Å²) in [5, 5.41) is 2.89. The third-order valence-corrected chi connectivity index (χ3v) is 5.33. The molecule has 1 N–H and O–H groups in total. The highest BCUT2D eigenvalue weighted by Gasteiger charge is 2.29. The predicted molar refractivity (Wildman–Crippen MR) is 115 cm³/mol. The molecule has 2 aromatic carbocycles. The van der Waals surface area contributed by atoms with Crippen molar-refractivity contribution >= 4 is 17.4 Å². The van der Waals surface area contributed by atoms with Gasteiger partial charge in [0.1, 0.15) is 6.10 Å². The molecule has 1 atom stereocenters. The summed E-state index contributed by atoms with van der Waals surface area (Å²) in [6.45, 7) is 2.30. The minimum absolute atomic E-state index is 0.0777. The van der Waals surface area contributed by atoms with Crippen molar-refractivity contribution in [2.24, 2.45) is 5.92 Å². The van der Waals surface area contributed by atoms with Gasteiger partial charge in [-0.2, -0.15) is 0 Å². The van der Waals surface area contributed by atoms with Crippen molar-refractivity contribution in [1.29, 1.82) is 0 Å². The van der Waals surface area contributed by atoms with E-state index in [1.54, 1.807) is 6.08 Å². The van der Waals surface area contributed by atoms with E-state index in [2.05, 4.69) is 5.32 Å². The van der Waals surface area contributed by atoms with E-state index in [4.69, 9.17) is 4.74 Å². The van der Waals surface area contributed by atoms with Gasteiger partial charge in [-0.3, -0.25) is 9.59 Å². The fourth-order valence-electron chi connectivity index (χ4n) is 3.61. The number of hydrogen-bond donors (Lipinski definition) is 1. The first-order valence-electron chi connectivity index (χ1n) is 10.4. The van der Waals surface area contributed by atoms with E-state index in [0.717, 1.165) is 42.4 Å². The molecule has 4 nitrogen and oxygen atoms in total. The second-order valence-corrected chi connectivity index (χ2v) is 7.59. The number of carbonyl (C=O) groups excluding carboxylic acids is 2. The Hall–Kier alpha value is -2.88. The molecule has 1 unspecified atom stereocenters. The number of ether oxygens (including phenoxy) is 1. The van der Waals surface area contributed by atoms with E-state index in [1.807, 2.05) is 67.6 Å².